The van der Waals surface area contributed by atoms with Gasteiger partial charge in [-0.3, -0.25) is 9.69 Å². The first-order valence-corrected chi connectivity index (χ1v) is 10.5. The molecule has 28 heavy (non-hydrogen) atoms. The molecular weight excluding hydrogens is 369 g/mol. The van der Waals surface area contributed by atoms with Crippen LogP contribution in [0.15, 0.2) is 42.5 Å². The first kappa shape index (κ1) is 20.9. The molecule has 1 heterocycles. The van der Waals surface area contributed by atoms with E-state index in [0.717, 1.165) is 56.6 Å². The summed E-state index contributed by atoms with van der Waals surface area (Å²) in [4.78, 5) is 15.0. The van der Waals surface area contributed by atoms with Gasteiger partial charge in [0.25, 0.3) is 0 Å². The molecule has 0 saturated carbocycles. The summed E-state index contributed by atoms with van der Waals surface area (Å²) in [5.41, 5.74) is 3.15. The predicted octanol–water partition coefficient (Wildman–Crippen LogP) is 3.76. The van der Waals surface area contributed by atoms with Gasteiger partial charge in [-0.2, -0.15) is 0 Å². The number of hydrogen-bond donors (Lipinski definition) is 0. The van der Waals surface area contributed by atoms with Crippen molar-refractivity contribution >= 4 is 30.1 Å². The van der Waals surface area contributed by atoms with Crippen LogP contribution >= 0.6 is 11.6 Å². The standard InChI is InChI=1S/C23H29BClNO2/c1-17-4-7-20(25)16-22(17)23(18(2)27)10-12-26(13-11-23)14-15-28-21-8-5-19(24-3)6-9-21/h4-9,16,24H,10-15H2,1-3H3. The molecule has 2 aromatic carbocycles. The highest BCUT2D eigenvalue weighted by molar-refractivity contribution is 6.51. The van der Waals surface area contributed by atoms with Gasteiger partial charge in [-0.25, -0.2) is 0 Å². The topological polar surface area (TPSA) is 29.5 Å². The van der Waals surface area contributed by atoms with Crippen molar-refractivity contribution in [1.29, 1.82) is 0 Å². The number of Topliss-reactive ketones (excluding diaryl/α,β-unsaturated/α-hetero) is 1. The minimum Gasteiger partial charge on any atom is -0.492 e. The molecular formula is C23H29BClNO2. The number of carbonyl (C=O) groups is 1. The van der Waals surface area contributed by atoms with Crippen LogP contribution in [0.25, 0.3) is 0 Å². The van der Waals surface area contributed by atoms with Gasteiger partial charge in [0.05, 0.1) is 5.41 Å². The van der Waals surface area contributed by atoms with Gasteiger partial charge in [0.1, 0.15) is 18.1 Å². The van der Waals surface area contributed by atoms with Crippen molar-refractivity contribution in [2.75, 3.05) is 26.2 Å². The van der Waals surface area contributed by atoms with Gasteiger partial charge in [-0.05, 0) is 75.2 Å². The minimum atomic E-state index is -0.414. The summed E-state index contributed by atoms with van der Waals surface area (Å²) in [6.07, 6.45) is 1.66. The monoisotopic (exact) mass is 397 g/mol. The van der Waals surface area contributed by atoms with E-state index in [2.05, 4.69) is 30.8 Å². The average molecular weight is 398 g/mol. The molecule has 3 rings (SSSR count). The quantitative estimate of drug-likeness (QED) is 0.666. The molecule has 0 N–H and O–H groups in total. The number of benzene rings is 2. The van der Waals surface area contributed by atoms with Crippen molar-refractivity contribution in [3.63, 3.8) is 0 Å². The first-order valence-electron chi connectivity index (χ1n) is 10.2. The molecule has 0 bridgehead atoms. The van der Waals surface area contributed by atoms with Crippen molar-refractivity contribution in [3.05, 3.63) is 58.6 Å². The molecule has 0 aromatic heterocycles. The SMILES string of the molecule is CBc1ccc(OCCN2CCC(C(C)=O)(c3cc(Cl)ccc3C)CC2)cc1. The molecule has 0 atom stereocenters. The van der Waals surface area contributed by atoms with Gasteiger partial charge in [-0.15, -0.1) is 0 Å². The summed E-state index contributed by atoms with van der Waals surface area (Å²) in [7, 11) is 1.04. The van der Waals surface area contributed by atoms with Gasteiger partial charge < -0.3 is 4.74 Å². The third-order valence-electron chi connectivity index (χ3n) is 6.11. The molecule has 1 saturated heterocycles. The van der Waals surface area contributed by atoms with E-state index in [4.69, 9.17) is 16.3 Å². The highest BCUT2D eigenvalue weighted by Gasteiger charge is 2.41. The van der Waals surface area contributed by atoms with E-state index in [9.17, 15) is 4.79 Å². The number of nitrogens with zero attached hydrogens (tertiary/aromatic N) is 1. The largest absolute Gasteiger partial charge is 0.492 e. The molecule has 0 aliphatic carbocycles. The van der Waals surface area contributed by atoms with Gasteiger partial charge in [0.2, 0.25) is 0 Å². The number of piperidine rings is 1. The van der Waals surface area contributed by atoms with Crippen LogP contribution in [0.5, 0.6) is 5.75 Å². The van der Waals surface area contributed by atoms with Crippen LogP contribution in [-0.2, 0) is 10.2 Å². The zero-order valence-corrected chi connectivity index (χ0v) is 17.9. The number of carbonyl (C=O) groups excluding carboxylic acids is 1. The lowest BCUT2D eigenvalue weighted by Crippen LogP contribution is -2.47. The summed E-state index contributed by atoms with van der Waals surface area (Å²) < 4.78 is 5.90. The molecule has 1 aliphatic heterocycles. The van der Waals surface area contributed by atoms with Gasteiger partial charge in [0, 0.05) is 11.6 Å². The average Bonchev–Trinajstić information content (AvgIpc) is 2.71. The zero-order valence-electron chi connectivity index (χ0n) is 17.1. The van der Waals surface area contributed by atoms with E-state index in [1.807, 2.05) is 30.3 Å². The maximum atomic E-state index is 12.7. The lowest BCUT2D eigenvalue weighted by molar-refractivity contribution is -0.124. The van der Waals surface area contributed by atoms with Crippen molar-refractivity contribution < 1.29 is 9.53 Å². The predicted molar refractivity (Wildman–Crippen MR) is 119 cm³/mol. The Kier molecular flexibility index (Phi) is 6.84. The Hall–Kier alpha value is -1.78. The Morgan fingerprint density at radius 1 is 1.18 bits per heavy atom. The summed E-state index contributed by atoms with van der Waals surface area (Å²) in [5, 5.41) is 0.700. The van der Waals surface area contributed by atoms with Crippen LogP contribution in [0.1, 0.15) is 30.9 Å². The second-order valence-corrected chi connectivity index (χ2v) is 8.22. The summed E-state index contributed by atoms with van der Waals surface area (Å²) in [6.45, 7) is 9.26. The lowest BCUT2D eigenvalue weighted by atomic mass is 9.69. The number of halogens is 1. The van der Waals surface area contributed by atoms with Crippen LogP contribution in [0.3, 0.4) is 0 Å². The van der Waals surface area contributed by atoms with Crippen LogP contribution in [0.2, 0.25) is 11.8 Å². The normalized spacial score (nSPS) is 16.6. The van der Waals surface area contributed by atoms with E-state index in [1.165, 1.54) is 5.46 Å². The smallest absolute Gasteiger partial charge is 0.154 e. The summed E-state index contributed by atoms with van der Waals surface area (Å²) >= 11 is 6.24. The van der Waals surface area contributed by atoms with E-state index in [0.29, 0.717) is 11.6 Å². The van der Waals surface area contributed by atoms with E-state index >= 15 is 0 Å². The molecule has 1 fully saturated rings. The molecule has 0 unspecified atom stereocenters. The first-order chi connectivity index (χ1) is 13.4. The van der Waals surface area contributed by atoms with Crippen molar-refractivity contribution in [3.8, 4) is 5.75 Å². The minimum absolute atomic E-state index is 0.241. The number of ether oxygens (including phenoxy) is 1. The summed E-state index contributed by atoms with van der Waals surface area (Å²) in [5.74, 6) is 1.16. The Morgan fingerprint density at radius 2 is 1.86 bits per heavy atom. The van der Waals surface area contributed by atoms with Crippen molar-refractivity contribution in [1.82, 2.24) is 4.90 Å². The maximum Gasteiger partial charge on any atom is 0.154 e. The molecule has 2 aromatic rings. The van der Waals surface area contributed by atoms with E-state index in [-0.39, 0.29) is 5.78 Å². The Bertz CT molecular complexity index is 814. The number of ketones is 1. The molecule has 0 amide bonds. The zero-order chi connectivity index (χ0) is 20.1. The molecule has 0 radical (unpaired) electrons. The highest BCUT2D eigenvalue weighted by Crippen LogP contribution is 2.39. The maximum absolute atomic E-state index is 12.7. The Balaban J connectivity index is 1.58. The fourth-order valence-corrected chi connectivity index (χ4v) is 4.37. The third kappa shape index (κ3) is 4.61. The number of rotatable bonds is 7. The molecule has 3 nitrogen and oxygen atoms in total. The summed E-state index contributed by atoms with van der Waals surface area (Å²) in [6, 6.07) is 14.2. The number of likely N-dealkylation sites (tertiary alicyclic amines) is 1. The number of aryl methyl sites for hydroxylation is 1. The van der Waals surface area contributed by atoms with Crippen LogP contribution in [-0.4, -0.2) is 44.2 Å². The van der Waals surface area contributed by atoms with E-state index in [1.54, 1.807) is 6.92 Å². The Labute approximate surface area is 174 Å². The fraction of sp³-hybridized carbons (Fsp3) is 0.435. The number of hydrogen-bond acceptors (Lipinski definition) is 3. The lowest BCUT2D eigenvalue weighted by Gasteiger charge is -2.41. The highest BCUT2D eigenvalue weighted by atomic mass is 35.5. The third-order valence-corrected chi connectivity index (χ3v) is 6.34. The van der Waals surface area contributed by atoms with Crippen LogP contribution in [0.4, 0.5) is 0 Å². The van der Waals surface area contributed by atoms with Gasteiger partial charge in [0.15, 0.2) is 7.28 Å². The van der Waals surface area contributed by atoms with Crippen molar-refractivity contribution in [2.24, 2.45) is 0 Å². The van der Waals surface area contributed by atoms with Gasteiger partial charge in [-0.1, -0.05) is 42.1 Å². The van der Waals surface area contributed by atoms with Crippen molar-refractivity contribution in [2.45, 2.75) is 38.9 Å². The van der Waals surface area contributed by atoms with Crippen LogP contribution in [0, 0.1) is 6.92 Å². The second-order valence-electron chi connectivity index (χ2n) is 7.79. The van der Waals surface area contributed by atoms with E-state index < -0.39 is 5.41 Å². The molecule has 1 aliphatic rings. The molecule has 5 heteroatoms. The van der Waals surface area contributed by atoms with Crippen LogP contribution < -0.4 is 10.2 Å². The molecule has 0 spiro atoms. The second kappa shape index (κ2) is 9.15. The fourth-order valence-electron chi connectivity index (χ4n) is 4.19. The molecule has 148 valence electrons. The van der Waals surface area contributed by atoms with Gasteiger partial charge >= 0.3 is 0 Å². The Morgan fingerprint density at radius 3 is 2.46 bits per heavy atom.